The zero-order chi connectivity index (χ0) is 11.4. The maximum Gasteiger partial charge on any atom is 0.131 e. The maximum atomic E-state index is 6.19. The van der Waals surface area contributed by atoms with Gasteiger partial charge in [-0.05, 0) is 20.5 Å². The highest BCUT2D eigenvalue weighted by Gasteiger charge is 2.13. The molecule has 0 aliphatic rings. The normalized spacial score (nSPS) is 11.3. The van der Waals surface area contributed by atoms with Crippen molar-refractivity contribution < 1.29 is 0 Å². The van der Waals surface area contributed by atoms with Gasteiger partial charge in [-0.15, -0.1) is 11.6 Å². The first-order chi connectivity index (χ1) is 7.10. The van der Waals surface area contributed by atoms with Crippen LogP contribution in [-0.4, -0.2) is 35.3 Å². The highest BCUT2D eigenvalue weighted by Crippen LogP contribution is 2.22. The fourth-order valence-corrected chi connectivity index (χ4v) is 2.03. The molecule has 3 nitrogen and oxygen atoms in total. The Hall–Kier alpha value is -0.250. The third-order valence-electron chi connectivity index (χ3n) is 2.29. The number of hydrogen-bond acceptors (Lipinski definition) is 2. The molecule has 1 rings (SSSR count). The standard InChI is InChI=1S/C10H17Cl2N3/c1-4-9-8(7-11)10(12)15(13-9)6-5-14(2)3/h4-7H2,1-3H3. The van der Waals surface area contributed by atoms with Crippen molar-refractivity contribution in [2.24, 2.45) is 0 Å². The average Bonchev–Trinajstić information content (AvgIpc) is 2.51. The van der Waals surface area contributed by atoms with Crippen molar-refractivity contribution in [3.05, 3.63) is 16.4 Å². The van der Waals surface area contributed by atoms with E-state index in [0.717, 1.165) is 30.8 Å². The lowest BCUT2D eigenvalue weighted by Crippen LogP contribution is -2.19. The monoisotopic (exact) mass is 249 g/mol. The minimum atomic E-state index is 0.434. The topological polar surface area (TPSA) is 21.1 Å². The summed E-state index contributed by atoms with van der Waals surface area (Å²) >= 11 is 12.0. The van der Waals surface area contributed by atoms with Crippen LogP contribution in [-0.2, 0) is 18.8 Å². The fraction of sp³-hybridized carbons (Fsp3) is 0.700. The summed E-state index contributed by atoms with van der Waals surface area (Å²) in [5.74, 6) is 0.434. The molecule has 0 unspecified atom stereocenters. The second kappa shape index (κ2) is 5.73. The second-order valence-electron chi connectivity index (χ2n) is 3.73. The van der Waals surface area contributed by atoms with Crippen LogP contribution in [0.2, 0.25) is 5.15 Å². The summed E-state index contributed by atoms with van der Waals surface area (Å²) in [5, 5.41) is 5.13. The highest BCUT2D eigenvalue weighted by molar-refractivity contribution is 6.31. The Morgan fingerprint density at radius 2 is 2.07 bits per heavy atom. The van der Waals surface area contributed by atoms with Gasteiger partial charge >= 0.3 is 0 Å². The second-order valence-corrected chi connectivity index (χ2v) is 4.35. The molecule has 0 aliphatic heterocycles. The van der Waals surface area contributed by atoms with Crippen LogP contribution in [0.5, 0.6) is 0 Å². The number of aryl methyl sites for hydroxylation is 1. The summed E-state index contributed by atoms with van der Waals surface area (Å²) in [6.07, 6.45) is 0.872. The minimum absolute atomic E-state index is 0.434. The van der Waals surface area contributed by atoms with Crippen molar-refractivity contribution in [2.75, 3.05) is 20.6 Å². The fourth-order valence-electron chi connectivity index (χ4n) is 1.38. The van der Waals surface area contributed by atoms with E-state index in [2.05, 4.69) is 16.9 Å². The summed E-state index contributed by atoms with van der Waals surface area (Å²) in [4.78, 5) is 2.10. The molecule has 0 bridgehead atoms. The zero-order valence-electron chi connectivity index (χ0n) is 9.43. The Morgan fingerprint density at radius 1 is 1.40 bits per heavy atom. The first-order valence-electron chi connectivity index (χ1n) is 5.04. The molecule has 1 aromatic rings. The van der Waals surface area contributed by atoms with E-state index in [0.29, 0.717) is 11.0 Å². The molecule has 0 amide bonds. The molecule has 0 saturated carbocycles. The third kappa shape index (κ3) is 3.10. The largest absolute Gasteiger partial charge is 0.308 e. The van der Waals surface area contributed by atoms with E-state index in [1.807, 2.05) is 18.8 Å². The molecular weight excluding hydrogens is 233 g/mol. The molecule has 0 aliphatic carbocycles. The molecule has 1 heterocycles. The van der Waals surface area contributed by atoms with E-state index >= 15 is 0 Å². The Balaban J connectivity index is 2.84. The Labute approximate surface area is 101 Å². The predicted molar refractivity (Wildman–Crippen MR) is 64.7 cm³/mol. The van der Waals surface area contributed by atoms with E-state index in [4.69, 9.17) is 23.2 Å². The molecule has 0 saturated heterocycles. The molecule has 0 N–H and O–H groups in total. The number of hydrogen-bond donors (Lipinski definition) is 0. The van der Waals surface area contributed by atoms with E-state index in [9.17, 15) is 0 Å². The van der Waals surface area contributed by atoms with Gasteiger partial charge in [-0.25, -0.2) is 0 Å². The summed E-state index contributed by atoms with van der Waals surface area (Å²) in [7, 11) is 4.06. The summed E-state index contributed by atoms with van der Waals surface area (Å²) in [6.45, 7) is 3.78. The molecule has 0 aromatic carbocycles. The van der Waals surface area contributed by atoms with Crippen LogP contribution in [0, 0.1) is 0 Å². The predicted octanol–water partition coefficient (Wildman–Crippen LogP) is 2.40. The lowest BCUT2D eigenvalue weighted by molar-refractivity contribution is 0.373. The smallest absolute Gasteiger partial charge is 0.131 e. The van der Waals surface area contributed by atoms with Gasteiger partial charge in [-0.2, -0.15) is 5.10 Å². The number of rotatable bonds is 5. The van der Waals surface area contributed by atoms with Crippen LogP contribution in [0.1, 0.15) is 18.2 Å². The van der Waals surface area contributed by atoms with Gasteiger partial charge in [-0.3, -0.25) is 4.68 Å². The van der Waals surface area contributed by atoms with E-state index in [1.165, 1.54) is 0 Å². The molecular formula is C10H17Cl2N3. The number of likely N-dealkylation sites (N-methyl/N-ethyl adjacent to an activating group) is 1. The van der Waals surface area contributed by atoms with Crippen molar-refractivity contribution >= 4 is 23.2 Å². The van der Waals surface area contributed by atoms with Gasteiger partial charge in [0, 0.05) is 12.1 Å². The Kier molecular flexibility index (Phi) is 4.90. The van der Waals surface area contributed by atoms with Crippen LogP contribution in [0.3, 0.4) is 0 Å². The molecule has 86 valence electrons. The lowest BCUT2D eigenvalue weighted by atomic mass is 10.2. The first-order valence-corrected chi connectivity index (χ1v) is 5.96. The van der Waals surface area contributed by atoms with Gasteiger partial charge in [0.25, 0.3) is 0 Å². The summed E-state index contributed by atoms with van der Waals surface area (Å²) < 4.78 is 1.83. The van der Waals surface area contributed by atoms with Crippen LogP contribution in [0.15, 0.2) is 0 Å². The third-order valence-corrected chi connectivity index (χ3v) is 2.98. The van der Waals surface area contributed by atoms with Crippen molar-refractivity contribution in [1.29, 1.82) is 0 Å². The Morgan fingerprint density at radius 3 is 2.47 bits per heavy atom. The quantitative estimate of drug-likeness (QED) is 0.748. The first kappa shape index (κ1) is 12.8. The molecule has 15 heavy (non-hydrogen) atoms. The van der Waals surface area contributed by atoms with Crippen molar-refractivity contribution in [3.63, 3.8) is 0 Å². The van der Waals surface area contributed by atoms with Crippen molar-refractivity contribution in [2.45, 2.75) is 25.8 Å². The van der Waals surface area contributed by atoms with Crippen LogP contribution in [0.4, 0.5) is 0 Å². The zero-order valence-corrected chi connectivity index (χ0v) is 10.9. The maximum absolute atomic E-state index is 6.19. The minimum Gasteiger partial charge on any atom is -0.308 e. The molecule has 0 atom stereocenters. The van der Waals surface area contributed by atoms with Gasteiger partial charge in [0.15, 0.2) is 0 Å². The number of alkyl halides is 1. The lowest BCUT2D eigenvalue weighted by Gasteiger charge is -2.09. The summed E-state index contributed by atoms with van der Waals surface area (Å²) in [5.41, 5.74) is 1.98. The van der Waals surface area contributed by atoms with Crippen LogP contribution >= 0.6 is 23.2 Å². The van der Waals surface area contributed by atoms with E-state index < -0.39 is 0 Å². The number of aromatic nitrogens is 2. The van der Waals surface area contributed by atoms with Crippen LogP contribution in [0.25, 0.3) is 0 Å². The van der Waals surface area contributed by atoms with Crippen LogP contribution < -0.4 is 0 Å². The van der Waals surface area contributed by atoms with Gasteiger partial charge in [0.05, 0.1) is 18.1 Å². The number of halogens is 2. The number of nitrogens with zero attached hydrogens (tertiary/aromatic N) is 3. The van der Waals surface area contributed by atoms with Gasteiger partial charge in [-0.1, -0.05) is 18.5 Å². The molecule has 0 spiro atoms. The SMILES string of the molecule is CCc1nn(CCN(C)C)c(Cl)c1CCl. The average molecular weight is 250 g/mol. The highest BCUT2D eigenvalue weighted by atomic mass is 35.5. The molecule has 5 heteroatoms. The van der Waals surface area contributed by atoms with Crippen molar-refractivity contribution in [3.8, 4) is 0 Å². The Bertz CT molecular complexity index is 321. The van der Waals surface area contributed by atoms with E-state index in [1.54, 1.807) is 0 Å². The van der Waals surface area contributed by atoms with Gasteiger partial charge < -0.3 is 4.90 Å². The summed E-state index contributed by atoms with van der Waals surface area (Å²) in [6, 6.07) is 0. The van der Waals surface area contributed by atoms with Gasteiger partial charge in [0.2, 0.25) is 0 Å². The van der Waals surface area contributed by atoms with E-state index in [-0.39, 0.29) is 0 Å². The molecule has 1 aromatic heterocycles. The molecule has 0 radical (unpaired) electrons. The van der Waals surface area contributed by atoms with Crippen molar-refractivity contribution in [1.82, 2.24) is 14.7 Å². The molecule has 0 fully saturated rings. The van der Waals surface area contributed by atoms with Gasteiger partial charge in [0.1, 0.15) is 5.15 Å².